The number of carbonyl (C=O) groups is 2. The maximum atomic E-state index is 13.1. The highest BCUT2D eigenvalue weighted by Gasteiger charge is 2.49. The minimum absolute atomic E-state index is 0.196. The van der Waals surface area contributed by atoms with E-state index < -0.39 is 6.04 Å². The molecule has 2 aliphatic heterocycles. The highest BCUT2D eigenvalue weighted by atomic mass is 35.5. The topological polar surface area (TPSA) is 53.1 Å². The number of anilines is 1. The van der Waals surface area contributed by atoms with Crippen LogP contribution in [0.1, 0.15) is 10.4 Å². The van der Waals surface area contributed by atoms with Crippen LogP contribution in [-0.4, -0.2) is 54.5 Å². The zero-order valence-electron chi connectivity index (χ0n) is 15.1. The van der Waals surface area contributed by atoms with Gasteiger partial charge in [0.15, 0.2) is 0 Å². The van der Waals surface area contributed by atoms with Crippen molar-refractivity contribution < 1.29 is 14.3 Å². The van der Waals surface area contributed by atoms with Crippen molar-refractivity contribution >= 4 is 40.6 Å². The highest BCUT2D eigenvalue weighted by Crippen LogP contribution is 2.35. The number of benzene rings is 1. The van der Waals surface area contributed by atoms with Gasteiger partial charge in [0.1, 0.15) is 11.8 Å². The van der Waals surface area contributed by atoms with Crippen molar-refractivity contribution in [3.8, 4) is 5.75 Å². The van der Waals surface area contributed by atoms with Gasteiger partial charge in [-0.1, -0.05) is 17.7 Å². The summed E-state index contributed by atoms with van der Waals surface area (Å²) in [6.45, 7) is 4.43. The normalized spacial score (nSPS) is 20.3. The predicted molar refractivity (Wildman–Crippen MR) is 106 cm³/mol. The van der Waals surface area contributed by atoms with Crippen molar-refractivity contribution in [2.75, 3.05) is 31.6 Å². The van der Waals surface area contributed by atoms with Gasteiger partial charge < -0.3 is 9.64 Å². The van der Waals surface area contributed by atoms with Crippen LogP contribution >= 0.6 is 22.9 Å². The zero-order valence-corrected chi connectivity index (χ0v) is 16.7. The monoisotopic (exact) mass is 405 g/mol. The Kier molecular flexibility index (Phi) is 4.84. The maximum Gasteiger partial charge on any atom is 0.332 e. The number of rotatable bonds is 4. The maximum absolute atomic E-state index is 13.1. The fraction of sp³-hybridized carbons (Fsp3) is 0.368. The number of methoxy groups -OCH3 is 1. The zero-order chi connectivity index (χ0) is 19.1. The van der Waals surface area contributed by atoms with Crippen LogP contribution in [0.15, 0.2) is 30.3 Å². The lowest BCUT2D eigenvalue weighted by Crippen LogP contribution is -2.52. The van der Waals surface area contributed by atoms with Gasteiger partial charge in [-0.2, -0.15) is 0 Å². The van der Waals surface area contributed by atoms with Gasteiger partial charge in [-0.05, 0) is 36.8 Å². The molecule has 27 heavy (non-hydrogen) atoms. The molecule has 2 fully saturated rings. The van der Waals surface area contributed by atoms with Crippen molar-refractivity contribution in [2.24, 2.45) is 0 Å². The predicted octanol–water partition coefficient (Wildman–Crippen LogP) is 3.37. The first-order valence-corrected chi connectivity index (χ1v) is 9.93. The Hall–Kier alpha value is -2.09. The molecule has 1 aromatic heterocycles. The van der Waals surface area contributed by atoms with E-state index in [-0.39, 0.29) is 11.9 Å². The summed E-state index contributed by atoms with van der Waals surface area (Å²) in [5, 5.41) is 0. The number of halogens is 1. The summed E-state index contributed by atoms with van der Waals surface area (Å²) in [4.78, 5) is 32.3. The Labute approximate surface area is 166 Å². The molecule has 4 rings (SSSR count). The first kappa shape index (κ1) is 18.3. The largest absolute Gasteiger partial charge is 0.495 e. The highest BCUT2D eigenvalue weighted by molar-refractivity contribution is 7.16. The third-order valence-electron chi connectivity index (χ3n) is 4.99. The van der Waals surface area contributed by atoms with E-state index in [0.29, 0.717) is 24.5 Å². The van der Waals surface area contributed by atoms with Gasteiger partial charge >= 0.3 is 6.03 Å². The number of imide groups is 1. The SMILES string of the molecule is COc1ccc(C)cc1N1C(=O)C2CN(Cc3ccc(Cl)s3)CCN2C1=O. The van der Waals surface area contributed by atoms with Gasteiger partial charge in [-0.3, -0.25) is 9.69 Å². The summed E-state index contributed by atoms with van der Waals surface area (Å²) in [6.07, 6.45) is 0. The fourth-order valence-corrected chi connectivity index (χ4v) is 4.78. The van der Waals surface area contributed by atoms with Crippen molar-refractivity contribution in [2.45, 2.75) is 19.5 Å². The molecule has 0 saturated carbocycles. The number of hydrogen-bond donors (Lipinski definition) is 0. The minimum Gasteiger partial charge on any atom is -0.495 e. The number of thiophene rings is 1. The van der Waals surface area contributed by atoms with Crippen molar-refractivity contribution in [1.82, 2.24) is 9.80 Å². The Morgan fingerprint density at radius 3 is 2.74 bits per heavy atom. The number of fused-ring (bicyclic) bond motifs is 1. The number of aryl methyl sites for hydroxylation is 1. The molecule has 2 aromatic rings. The lowest BCUT2D eigenvalue weighted by atomic mass is 10.1. The van der Waals surface area contributed by atoms with Crippen LogP contribution in [0, 0.1) is 6.92 Å². The molecule has 0 radical (unpaired) electrons. The molecular formula is C19H20ClN3O3S. The van der Waals surface area contributed by atoms with E-state index in [2.05, 4.69) is 4.90 Å². The molecule has 1 atom stereocenters. The van der Waals surface area contributed by atoms with Crippen LogP contribution in [0.25, 0.3) is 0 Å². The fourth-order valence-electron chi connectivity index (χ4n) is 3.65. The molecule has 3 heterocycles. The van der Waals surface area contributed by atoms with Gasteiger partial charge in [0, 0.05) is 31.1 Å². The summed E-state index contributed by atoms with van der Waals surface area (Å²) < 4.78 is 6.14. The lowest BCUT2D eigenvalue weighted by molar-refractivity contribution is -0.121. The van der Waals surface area contributed by atoms with Gasteiger partial charge in [0.25, 0.3) is 5.91 Å². The Morgan fingerprint density at radius 2 is 2.04 bits per heavy atom. The Bertz CT molecular complexity index is 900. The standard InChI is InChI=1S/C19H20ClN3O3S/c1-12-3-5-16(26-2)14(9-12)23-18(24)15-11-21(7-8-22(15)19(23)25)10-13-4-6-17(20)27-13/h3-6,9,15H,7-8,10-11H2,1-2H3. The van der Waals surface area contributed by atoms with E-state index in [1.165, 1.54) is 4.90 Å². The molecular weight excluding hydrogens is 386 g/mol. The second-order valence-electron chi connectivity index (χ2n) is 6.78. The number of urea groups is 1. The average Bonchev–Trinajstić information content (AvgIpc) is 3.16. The average molecular weight is 406 g/mol. The van der Waals surface area contributed by atoms with Crippen LogP contribution in [0.3, 0.4) is 0 Å². The molecule has 0 aliphatic carbocycles. The van der Waals surface area contributed by atoms with Gasteiger partial charge in [-0.15, -0.1) is 11.3 Å². The summed E-state index contributed by atoms with van der Waals surface area (Å²) in [6, 6.07) is 8.65. The lowest BCUT2D eigenvalue weighted by Gasteiger charge is -2.34. The molecule has 2 saturated heterocycles. The van der Waals surface area contributed by atoms with E-state index in [1.807, 2.05) is 31.2 Å². The number of ether oxygens (including phenoxy) is 1. The smallest absolute Gasteiger partial charge is 0.332 e. The first-order valence-electron chi connectivity index (χ1n) is 8.73. The molecule has 142 valence electrons. The summed E-state index contributed by atoms with van der Waals surface area (Å²) in [5.41, 5.74) is 1.48. The number of hydrogen-bond acceptors (Lipinski definition) is 5. The van der Waals surface area contributed by atoms with E-state index in [9.17, 15) is 9.59 Å². The van der Waals surface area contributed by atoms with Crippen molar-refractivity contribution in [3.63, 3.8) is 0 Å². The molecule has 0 spiro atoms. The van der Waals surface area contributed by atoms with Crippen molar-refractivity contribution in [3.05, 3.63) is 45.1 Å². The summed E-state index contributed by atoms with van der Waals surface area (Å²) >= 11 is 7.56. The number of nitrogens with zero attached hydrogens (tertiary/aromatic N) is 3. The summed E-state index contributed by atoms with van der Waals surface area (Å²) in [7, 11) is 1.54. The molecule has 6 nitrogen and oxygen atoms in total. The Balaban J connectivity index is 1.57. The second kappa shape index (κ2) is 7.14. The van der Waals surface area contributed by atoms with E-state index in [1.54, 1.807) is 29.4 Å². The van der Waals surface area contributed by atoms with Crippen LogP contribution in [0.5, 0.6) is 5.75 Å². The quantitative estimate of drug-likeness (QED) is 0.732. The third-order valence-corrected chi connectivity index (χ3v) is 6.21. The van der Waals surface area contributed by atoms with E-state index in [0.717, 1.165) is 27.9 Å². The molecule has 1 aromatic carbocycles. The van der Waals surface area contributed by atoms with E-state index >= 15 is 0 Å². The second-order valence-corrected chi connectivity index (χ2v) is 8.58. The number of amides is 3. The molecule has 0 N–H and O–H groups in total. The number of piperazine rings is 1. The molecule has 8 heteroatoms. The minimum atomic E-state index is -0.466. The van der Waals surface area contributed by atoms with Crippen LogP contribution < -0.4 is 9.64 Å². The van der Waals surface area contributed by atoms with Crippen LogP contribution in [0.4, 0.5) is 10.5 Å². The van der Waals surface area contributed by atoms with Crippen molar-refractivity contribution in [1.29, 1.82) is 0 Å². The van der Waals surface area contributed by atoms with E-state index in [4.69, 9.17) is 16.3 Å². The number of carbonyl (C=O) groups excluding carboxylic acids is 2. The molecule has 0 bridgehead atoms. The van der Waals surface area contributed by atoms with Gasteiger partial charge in [0.2, 0.25) is 0 Å². The molecule has 1 unspecified atom stereocenters. The summed E-state index contributed by atoms with van der Waals surface area (Å²) in [5.74, 6) is 0.324. The van der Waals surface area contributed by atoms with Gasteiger partial charge in [0.05, 0.1) is 17.1 Å². The van der Waals surface area contributed by atoms with Crippen LogP contribution in [0.2, 0.25) is 4.34 Å². The first-order chi connectivity index (χ1) is 13.0. The molecule has 2 aliphatic rings. The molecule has 3 amide bonds. The Morgan fingerprint density at radius 1 is 1.22 bits per heavy atom. The van der Waals surface area contributed by atoms with Gasteiger partial charge in [-0.25, -0.2) is 9.69 Å². The van der Waals surface area contributed by atoms with Crippen LogP contribution in [-0.2, 0) is 11.3 Å². The third kappa shape index (κ3) is 3.31.